The van der Waals surface area contributed by atoms with Crippen molar-refractivity contribution < 1.29 is 33.7 Å². The van der Waals surface area contributed by atoms with Gasteiger partial charge < -0.3 is 19.3 Å². The number of amides is 1. The van der Waals surface area contributed by atoms with Gasteiger partial charge in [0.1, 0.15) is 17.6 Å². The Balaban J connectivity index is 1.66. The fourth-order valence-corrected chi connectivity index (χ4v) is 6.36. The van der Waals surface area contributed by atoms with E-state index in [4.69, 9.17) is 14.2 Å². The van der Waals surface area contributed by atoms with Crippen molar-refractivity contribution >= 4 is 39.7 Å². The summed E-state index contributed by atoms with van der Waals surface area (Å²) in [6, 6.07) is 9.44. The van der Waals surface area contributed by atoms with Crippen molar-refractivity contribution in [1.82, 2.24) is 4.98 Å². The summed E-state index contributed by atoms with van der Waals surface area (Å²) in [7, 11) is 0. The number of Topliss-reactive ketones (excluding diaryl/α,β-unsaturated/α-hetero) is 2. The van der Waals surface area contributed by atoms with Gasteiger partial charge in [-0.05, 0) is 74.6 Å². The molecule has 1 N–H and O–H groups in total. The number of anilines is 1. The molecular formula is C33H36N2O7S. The number of nitrogens with zero attached hydrogens (tertiary/aromatic N) is 2. The van der Waals surface area contributed by atoms with Gasteiger partial charge in [0.05, 0.1) is 35.4 Å². The van der Waals surface area contributed by atoms with Crippen LogP contribution in [0.15, 0.2) is 42.0 Å². The largest absolute Gasteiger partial charge is 0.507 e. The van der Waals surface area contributed by atoms with Gasteiger partial charge in [0.2, 0.25) is 0 Å². The third kappa shape index (κ3) is 5.88. The first kappa shape index (κ1) is 30.3. The highest BCUT2D eigenvalue weighted by Crippen LogP contribution is 2.46. The molecule has 2 aliphatic heterocycles. The van der Waals surface area contributed by atoms with E-state index in [1.165, 1.54) is 11.8 Å². The Hall–Kier alpha value is -4.18. The molecule has 1 fully saturated rings. The molecule has 43 heavy (non-hydrogen) atoms. The fraction of sp³-hybridized carbons (Fsp3) is 0.394. The Bertz CT molecular complexity index is 1620. The molecule has 2 aromatic carbocycles. The Kier molecular flexibility index (Phi) is 8.59. The minimum atomic E-state index is -1.03. The second-order valence-electron chi connectivity index (χ2n) is 11.3. The first-order valence-corrected chi connectivity index (χ1v) is 15.3. The number of hydrogen-bond acceptors (Lipinski definition) is 9. The number of aryl methyl sites for hydroxylation is 1. The predicted molar refractivity (Wildman–Crippen MR) is 164 cm³/mol. The number of ether oxygens (including phenoxy) is 3. The van der Waals surface area contributed by atoms with E-state index in [1.54, 1.807) is 43.3 Å². The molecular weight excluding hydrogens is 568 g/mol. The highest BCUT2D eigenvalue weighted by molar-refractivity contribution is 7.18. The highest BCUT2D eigenvalue weighted by atomic mass is 32.1. The van der Waals surface area contributed by atoms with Crippen molar-refractivity contribution in [2.24, 2.45) is 5.92 Å². The topological polar surface area (TPSA) is 115 Å². The van der Waals surface area contributed by atoms with E-state index < -0.39 is 17.7 Å². The van der Waals surface area contributed by atoms with Gasteiger partial charge in [-0.2, -0.15) is 0 Å². The Labute approximate surface area is 255 Å². The van der Waals surface area contributed by atoms with Crippen molar-refractivity contribution in [3.05, 3.63) is 69.2 Å². The van der Waals surface area contributed by atoms with Crippen LogP contribution in [0.25, 0.3) is 5.76 Å². The highest BCUT2D eigenvalue weighted by Gasteiger charge is 2.48. The second kappa shape index (κ2) is 12.2. The number of carbonyl (C=O) groups is 3. The molecule has 9 nitrogen and oxygen atoms in total. The Morgan fingerprint density at radius 3 is 2.60 bits per heavy atom. The van der Waals surface area contributed by atoms with Gasteiger partial charge in [0, 0.05) is 18.9 Å². The summed E-state index contributed by atoms with van der Waals surface area (Å²) in [5.41, 5.74) is 2.22. The molecule has 0 aliphatic carbocycles. The molecule has 0 spiro atoms. The average Bonchev–Trinajstić information content (AvgIpc) is 3.60. The average molecular weight is 605 g/mol. The van der Waals surface area contributed by atoms with E-state index in [2.05, 4.69) is 18.8 Å². The van der Waals surface area contributed by atoms with Crippen LogP contribution in [0.1, 0.15) is 79.1 Å². The SMILES string of the molecule is CCOc1cc([C@H]2/C(=C(\O)c3ccc4c(c3)C[C@@H](C)O4)C(=O)C(=O)N2c2nc(C)c(C(C)=O)s2)ccc1OCCC(C)C. The summed E-state index contributed by atoms with van der Waals surface area (Å²) in [6.45, 7) is 12.0. The van der Waals surface area contributed by atoms with E-state index in [1.807, 2.05) is 13.8 Å². The van der Waals surface area contributed by atoms with Crippen LogP contribution in [0.5, 0.6) is 17.2 Å². The number of benzene rings is 2. The number of ketones is 2. The lowest BCUT2D eigenvalue weighted by Gasteiger charge is -2.24. The van der Waals surface area contributed by atoms with E-state index in [0.717, 1.165) is 29.1 Å². The van der Waals surface area contributed by atoms with Crippen molar-refractivity contribution in [3.63, 3.8) is 0 Å². The Morgan fingerprint density at radius 1 is 1.16 bits per heavy atom. The molecule has 5 rings (SSSR count). The number of aliphatic hydroxyl groups is 1. The van der Waals surface area contributed by atoms with Gasteiger partial charge in [-0.1, -0.05) is 31.3 Å². The van der Waals surface area contributed by atoms with E-state index in [9.17, 15) is 19.5 Å². The summed E-state index contributed by atoms with van der Waals surface area (Å²) in [5, 5.41) is 11.9. The first-order valence-electron chi connectivity index (χ1n) is 14.5. The normalized spacial score (nSPS) is 19.1. The van der Waals surface area contributed by atoms with Gasteiger partial charge in [-0.15, -0.1) is 0 Å². The fourth-order valence-electron chi connectivity index (χ4n) is 5.37. The maximum atomic E-state index is 13.7. The first-order chi connectivity index (χ1) is 20.5. The lowest BCUT2D eigenvalue weighted by atomic mass is 9.94. The third-order valence-electron chi connectivity index (χ3n) is 7.46. The molecule has 2 aliphatic rings. The summed E-state index contributed by atoms with van der Waals surface area (Å²) < 4.78 is 17.7. The number of thiazole rings is 1. The molecule has 10 heteroatoms. The maximum Gasteiger partial charge on any atom is 0.301 e. The third-order valence-corrected chi connectivity index (χ3v) is 8.72. The summed E-state index contributed by atoms with van der Waals surface area (Å²) >= 11 is 1.04. The van der Waals surface area contributed by atoms with Crippen LogP contribution in [0.2, 0.25) is 0 Å². The van der Waals surface area contributed by atoms with Crippen LogP contribution < -0.4 is 19.1 Å². The molecule has 1 aromatic heterocycles. The summed E-state index contributed by atoms with van der Waals surface area (Å²) in [6.07, 6.45) is 1.52. The zero-order valence-electron chi connectivity index (χ0n) is 25.2. The molecule has 3 heterocycles. The molecule has 3 aromatic rings. The molecule has 0 radical (unpaired) electrons. The van der Waals surface area contributed by atoms with Crippen LogP contribution in [-0.2, 0) is 16.0 Å². The Morgan fingerprint density at radius 2 is 1.93 bits per heavy atom. The second-order valence-corrected chi connectivity index (χ2v) is 12.2. The molecule has 0 unspecified atom stereocenters. The van der Waals surface area contributed by atoms with Crippen LogP contribution in [0.4, 0.5) is 5.13 Å². The van der Waals surface area contributed by atoms with Crippen LogP contribution in [0.3, 0.4) is 0 Å². The van der Waals surface area contributed by atoms with Gasteiger partial charge in [-0.3, -0.25) is 19.3 Å². The van der Waals surface area contributed by atoms with Crippen molar-refractivity contribution in [3.8, 4) is 17.2 Å². The number of carbonyl (C=O) groups excluding carboxylic acids is 3. The minimum Gasteiger partial charge on any atom is -0.507 e. The molecule has 1 saturated heterocycles. The number of hydrogen-bond donors (Lipinski definition) is 1. The van der Waals surface area contributed by atoms with Crippen molar-refractivity contribution in [2.45, 2.75) is 66.5 Å². The van der Waals surface area contributed by atoms with Crippen LogP contribution in [0, 0.1) is 12.8 Å². The molecule has 226 valence electrons. The number of aromatic nitrogens is 1. The molecule has 0 saturated carbocycles. The minimum absolute atomic E-state index is 0.000140. The number of aliphatic hydroxyl groups excluding tert-OH is 1. The smallest absolute Gasteiger partial charge is 0.301 e. The maximum absolute atomic E-state index is 13.7. The lowest BCUT2D eigenvalue weighted by molar-refractivity contribution is -0.132. The standard InChI is InChI=1S/C33H36N2O7S/c1-7-40-26-16-21(8-11-25(26)41-13-12-17(2)3)28-27(29(37)22-9-10-24-23(15-22)14-18(4)42-24)30(38)32(39)35(28)33-34-19(5)31(43-33)20(6)36/h8-11,15-18,28,37H,7,12-14H2,1-6H3/b29-27+/t18-,28+/m1/s1. The van der Waals surface area contributed by atoms with Crippen molar-refractivity contribution in [2.75, 3.05) is 18.1 Å². The molecule has 0 bridgehead atoms. The molecule has 2 atom stereocenters. The zero-order chi connectivity index (χ0) is 31.0. The lowest BCUT2D eigenvalue weighted by Crippen LogP contribution is -2.29. The van der Waals surface area contributed by atoms with Crippen molar-refractivity contribution in [1.29, 1.82) is 0 Å². The van der Waals surface area contributed by atoms with Gasteiger partial charge in [0.25, 0.3) is 5.78 Å². The van der Waals surface area contributed by atoms with Gasteiger partial charge in [-0.25, -0.2) is 4.98 Å². The van der Waals surface area contributed by atoms with E-state index in [0.29, 0.717) is 58.7 Å². The van der Waals surface area contributed by atoms with E-state index in [-0.39, 0.29) is 28.4 Å². The number of rotatable bonds is 10. The summed E-state index contributed by atoms with van der Waals surface area (Å²) in [5.74, 6) is 0.00568. The quantitative estimate of drug-likeness (QED) is 0.122. The van der Waals surface area contributed by atoms with Crippen LogP contribution in [-0.4, -0.2) is 46.9 Å². The van der Waals surface area contributed by atoms with E-state index >= 15 is 0 Å². The van der Waals surface area contributed by atoms with Gasteiger partial charge >= 0.3 is 5.91 Å². The zero-order valence-corrected chi connectivity index (χ0v) is 26.0. The van der Waals surface area contributed by atoms with Crippen LogP contribution >= 0.6 is 11.3 Å². The van der Waals surface area contributed by atoms with Gasteiger partial charge in [0.15, 0.2) is 22.4 Å². The molecule has 1 amide bonds. The number of fused-ring (bicyclic) bond motifs is 1. The monoisotopic (exact) mass is 604 g/mol. The summed E-state index contributed by atoms with van der Waals surface area (Å²) in [4.78, 5) is 45.8. The predicted octanol–water partition coefficient (Wildman–Crippen LogP) is 6.43.